The quantitative estimate of drug-likeness (QED) is 0.330. The zero-order chi connectivity index (χ0) is 18.3. The van der Waals surface area contributed by atoms with Crippen molar-refractivity contribution >= 4 is 22.4 Å². The Morgan fingerprint density at radius 1 is 1.08 bits per heavy atom. The van der Waals surface area contributed by atoms with Crippen molar-refractivity contribution in [2.45, 2.75) is 6.92 Å². The van der Waals surface area contributed by atoms with Gasteiger partial charge in [0, 0.05) is 24.0 Å². The van der Waals surface area contributed by atoms with Gasteiger partial charge in [0.2, 0.25) is 0 Å². The van der Waals surface area contributed by atoms with Crippen LogP contribution >= 0.6 is 0 Å². The van der Waals surface area contributed by atoms with Gasteiger partial charge >= 0.3 is 0 Å². The Hall–Kier alpha value is -3.74. The summed E-state index contributed by atoms with van der Waals surface area (Å²) in [6.07, 6.45) is 3.44. The highest BCUT2D eigenvalue weighted by Gasteiger charge is 2.15. The largest absolute Gasteiger partial charge is 0.393 e. The number of imidazole rings is 1. The Kier molecular flexibility index (Phi) is 3.62. The van der Waals surface area contributed by atoms with E-state index in [-0.39, 0.29) is 11.4 Å². The van der Waals surface area contributed by atoms with Crippen LogP contribution < -0.4 is 5.73 Å². The highest BCUT2D eigenvalue weighted by molar-refractivity contribution is 5.86. The highest BCUT2D eigenvalue weighted by atomic mass is 16.6. The number of nitrogens with two attached hydrogens (primary N) is 1. The lowest BCUT2D eigenvalue weighted by Crippen LogP contribution is -1.97. The molecule has 0 fully saturated rings. The van der Waals surface area contributed by atoms with Gasteiger partial charge in [-0.05, 0) is 53.9 Å². The summed E-state index contributed by atoms with van der Waals surface area (Å²) in [5, 5.41) is 11.0. The highest BCUT2D eigenvalue weighted by Crippen LogP contribution is 2.33. The second-order valence-corrected chi connectivity index (χ2v) is 6.04. The average Bonchev–Trinajstić information content (AvgIpc) is 3.07. The number of nitro groups is 1. The first kappa shape index (κ1) is 15.8. The van der Waals surface area contributed by atoms with Crippen molar-refractivity contribution in [1.29, 1.82) is 0 Å². The summed E-state index contributed by atoms with van der Waals surface area (Å²) in [6.45, 7) is 1.83. The molecule has 0 bridgehead atoms. The van der Waals surface area contributed by atoms with E-state index in [1.807, 2.05) is 37.3 Å². The van der Waals surface area contributed by atoms with Crippen LogP contribution in [-0.4, -0.2) is 19.9 Å². The third-order valence-corrected chi connectivity index (χ3v) is 4.32. The molecule has 4 aromatic rings. The summed E-state index contributed by atoms with van der Waals surface area (Å²) in [5.41, 5.74) is 11.2. The number of aromatic amines is 1. The van der Waals surface area contributed by atoms with Crippen molar-refractivity contribution in [3.05, 3.63) is 70.5 Å². The maximum atomic E-state index is 11.0. The molecule has 26 heavy (non-hydrogen) atoms. The fourth-order valence-corrected chi connectivity index (χ4v) is 3.00. The first-order valence-electron chi connectivity index (χ1n) is 7.98. The van der Waals surface area contributed by atoms with E-state index in [9.17, 15) is 10.1 Å². The van der Waals surface area contributed by atoms with Crippen molar-refractivity contribution in [2.24, 2.45) is 0 Å². The van der Waals surface area contributed by atoms with Crippen molar-refractivity contribution in [1.82, 2.24) is 15.0 Å². The lowest BCUT2D eigenvalue weighted by atomic mass is 9.98. The third-order valence-electron chi connectivity index (χ3n) is 4.32. The van der Waals surface area contributed by atoms with Crippen molar-refractivity contribution in [3.63, 3.8) is 0 Å². The van der Waals surface area contributed by atoms with Gasteiger partial charge < -0.3 is 10.7 Å². The lowest BCUT2D eigenvalue weighted by molar-refractivity contribution is -0.383. The van der Waals surface area contributed by atoms with Gasteiger partial charge in [-0.3, -0.25) is 15.1 Å². The number of benzene rings is 2. The summed E-state index contributed by atoms with van der Waals surface area (Å²) in [6, 6.07) is 12.8. The van der Waals surface area contributed by atoms with Gasteiger partial charge in [0.25, 0.3) is 5.69 Å². The van der Waals surface area contributed by atoms with Gasteiger partial charge in [-0.25, -0.2) is 4.98 Å². The molecule has 0 atom stereocenters. The molecule has 0 saturated heterocycles. The molecule has 7 nitrogen and oxygen atoms in total. The van der Waals surface area contributed by atoms with E-state index in [4.69, 9.17) is 5.73 Å². The number of hydrogen-bond donors (Lipinski definition) is 2. The number of nitrogen functional groups attached to an aromatic ring is 1. The molecule has 2 heterocycles. The Bertz CT molecular complexity index is 1140. The van der Waals surface area contributed by atoms with E-state index in [0.29, 0.717) is 0 Å². The number of hydrogen-bond acceptors (Lipinski definition) is 5. The summed E-state index contributed by atoms with van der Waals surface area (Å²) in [5.74, 6) is 0.763. The van der Waals surface area contributed by atoms with Crippen LogP contribution in [0.25, 0.3) is 33.5 Å². The molecule has 2 aromatic heterocycles. The predicted octanol–water partition coefficient (Wildman–Crippen LogP) is 4.09. The fraction of sp³-hybridized carbons (Fsp3) is 0.0526. The number of fused-ring (bicyclic) bond motifs is 1. The van der Waals surface area contributed by atoms with E-state index in [1.165, 1.54) is 6.07 Å². The molecule has 0 unspecified atom stereocenters. The average molecular weight is 345 g/mol. The Morgan fingerprint density at radius 3 is 2.58 bits per heavy atom. The summed E-state index contributed by atoms with van der Waals surface area (Å²) < 4.78 is 0. The van der Waals surface area contributed by atoms with Crippen molar-refractivity contribution in [2.75, 3.05) is 5.73 Å². The van der Waals surface area contributed by atoms with Crippen molar-refractivity contribution in [3.8, 4) is 22.5 Å². The van der Waals surface area contributed by atoms with E-state index in [0.717, 1.165) is 39.1 Å². The van der Waals surface area contributed by atoms with Crippen LogP contribution in [0.15, 0.2) is 54.9 Å². The normalized spacial score (nSPS) is 11.0. The van der Waals surface area contributed by atoms with Crippen molar-refractivity contribution < 1.29 is 4.92 Å². The molecule has 2 aromatic carbocycles. The predicted molar refractivity (Wildman–Crippen MR) is 101 cm³/mol. The molecule has 7 heteroatoms. The first-order chi connectivity index (χ1) is 12.5. The minimum Gasteiger partial charge on any atom is -0.393 e. The molecule has 4 rings (SSSR count). The Balaban J connectivity index is 1.81. The number of H-pyrrole nitrogens is 1. The number of nitrogens with one attached hydrogen (secondary N) is 1. The summed E-state index contributed by atoms with van der Waals surface area (Å²) in [7, 11) is 0. The van der Waals surface area contributed by atoms with Gasteiger partial charge in [0.15, 0.2) is 0 Å². The minimum atomic E-state index is -0.467. The molecule has 3 N–H and O–H groups in total. The molecular weight excluding hydrogens is 330 g/mol. The van der Waals surface area contributed by atoms with Crippen LogP contribution in [0.5, 0.6) is 0 Å². The van der Waals surface area contributed by atoms with Gasteiger partial charge in [-0.2, -0.15) is 0 Å². The fourth-order valence-electron chi connectivity index (χ4n) is 3.00. The number of anilines is 1. The summed E-state index contributed by atoms with van der Waals surface area (Å²) in [4.78, 5) is 22.5. The number of nitro benzene ring substituents is 1. The minimum absolute atomic E-state index is 0.0751. The van der Waals surface area contributed by atoms with Gasteiger partial charge in [-0.1, -0.05) is 6.07 Å². The second-order valence-electron chi connectivity index (χ2n) is 6.04. The molecule has 0 radical (unpaired) electrons. The summed E-state index contributed by atoms with van der Waals surface area (Å²) >= 11 is 0. The lowest BCUT2D eigenvalue weighted by Gasteiger charge is -2.08. The van der Waals surface area contributed by atoms with Crippen LogP contribution in [0.1, 0.15) is 5.56 Å². The number of aryl methyl sites for hydroxylation is 1. The molecule has 0 aliphatic heterocycles. The number of nitrogens with zero attached hydrogens (tertiary/aromatic N) is 3. The van der Waals surface area contributed by atoms with E-state index < -0.39 is 4.92 Å². The number of rotatable bonds is 3. The molecule has 128 valence electrons. The van der Waals surface area contributed by atoms with Crippen LogP contribution in [0.2, 0.25) is 0 Å². The van der Waals surface area contributed by atoms with Gasteiger partial charge in [0.1, 0.15) is 11.5 Å². The molecule has 0 spiro atoms. The van der Waals surface area contributed by atoms with Crippen LogP contribution in [-0.2, 0) is 0 Å². The van der Waals surface area contributed by atoms with Crippen LogP contribution in [0, 0.1) is 17.0 Å². The van der Waals surface area contributed by atoms with Crippen LogP contribution in [0.4, 0.5) is 11.4 Å². The molecule has 0 amide bonds. The second kappa shape index (κ2) is 5.96. The van der Waals surface area contributed by atoms with E-state index in [1.54, 1.807) is 18.5 Å². The maximum Gasteiger partial charge on any atom is 0.292 e. The Labute approximate surface area is 148 Å². The molecule has 0 aliphatic rings. The zero-order valence-corrected chi connectivity index (χ0v) is 13.9. The first-order valence-corrected chi connectivity index (χ1v) is 7.98. The standard InChI is InChI=1S/C19H15N5O2/c1-11-8-18(24(25)26)15(20)10-14(11)13-2-3-16-17(9-13)23-19(22-16)12-4-6-21-7-5-12/h2-10H,20H2,1H3,(H,22,23). The van der Waals surface area contributed by atoms with E-state index in [2.05, 4.69) is 15.0 Å². The number of aromatic nitrogens is 3. The SMILES string of the molecule is Cc1cc([N+](=O)[O-])c(N)cc1-c1ccc2nc(-c3ccncc3)[nH]c2c1. The van der Waals surface area contributed by atoms with Gasteiger partial charge in [-0.15, -0.1) is 0 Å². The van der Waals surface area contributed by atoms with Crippen LogP contribution in [0.3, 0.4) is 0 Å². The molecule has 0 aliphatic carbocycles. The third kappa shape index (κ3) is 2.65. The monoisotopic (exact) mass is 345 g/mol. The van der Waals surface area contributed by atoms with Gasteiger partial charge in [0.05, 0.1) is 16.0 Å². The zero-order valence-electron chi connectivity index (χ0n) is 13.9. The topological polar surface area (TPSA) is 111 Å². The Morgan fingerprint density at radius 2 is 1.85 bits per heavy atom. The molecular formula is C19H15N5O2. The maximum absolute atomic E-state index is 11.0. The van der Waals surface area contributed by atoms with E-state index >= 15 is 0 Å². The smallest absolute Gasteiger partial charge is 0.292 e. The number of pyridine rings is 1. The molecule has 0 saturated carbocycles.